The van der Waals surface area contributed by atoms with Gasteiger partial charge in [-0.15, -0.1) is 11.3 Å². The highest BCUT2D eigenvalue weighted by atomic mass is 32.2. The van der Waals surface area contributed by atoms with E-state index in [4.69, 9.17) is 14.0 Å². The number of ether oxygens (including phenoxy) is 2. The molecule has 0 bridgehead atoms. The van der Waals surface area contributed by atoms with Gasteiger partial charge in [0.05, 0.1) is 30.3 Å². The van der Waals surface area contributed by atoms with Gasteiger partial charge in [-0.3, -0.25) is 4.79 Å². The number of nitrogens with one attached hydrogen (secondary N) is 1. The molecule has 2 unspecified atom stereocenters. The molecule has 2 aromatic heterocycles. The number of benzene rings is 1. The fraction of sp³-hybridized carbons (Fsp3) is 0.417. The maximum absolute atomic E-state index is 13.3. The molecule has 35 heavy (non-hydrogen) atoms. The molecule has 11 heteroatoms. The average Bonchev–Trinajstić information content (AvgIpc) is 3.40. The van der Waals surface area contributed by atoms with Crippen molar-refractivity contribution in [3.05, 3.63) is 40.3 Å². The molecule has 0 saturated heterocycles. The van der Waals surface area contributed by atoms with E-state index in [0.717, 1.165) is 41.5 Å². The van der Waals surface area contributed by atoms with Crippen LogP contribution < -0.4 is 19.8 Å². The Kier molecular flexibility index (Phi) is 7.66. The van der Waals surface area contributed by atoms with E-state index < -0.39 is 17.2 Å². The number of hydrogen-bond acceptors (Lipinski definition) is 9. The number of thiophene rings is 1. The van der Waals surface area contributed by atoms with Gasteiger partial charge >= 0.3 is 5.97 Å². The number of anilines is 1. The second-order valence-electron chi connectivity index (χ2n) is 8.33. The molecule has 186 valence electrons. The lowest BCUT2D eigenvalue weighted by Gasteiger charge is -2.18. The number of hydrogen-bond donors (Lipinski definition) is 1. The van der Waals surface area contributed by atoms with Crippen LogP contribution in [0.2, 0.25) is 0 Å². The van der Waals surface area contributed by atoms with Crippen LogP contribution in [-0.4, -0.2) is 36.6 Å². The standard InChI is InChI=1S/C24H27N3O6S2/c1-5-17(35-22-24(30)33-26-27(22)14-7-9-15(31-3)10-8-14)20(28)25-21-19(23(29)32-4)16-11-6-13(2)12-18(16)34-21/h7-10,13,17H,5-6,11-12H2,1-4H3,(H-,25,26,28,29,30). The first-order valence-corrected chi connectivity index (χ1v) is 13.0. The molecule has 0 aliphatic heterocycles. The minimum atomic E-state index is -0.632. The quantitative estimate of drug-likeness (QED) is 0.274. The first kappa shape index (κ1) is 25.1. The number of nitrogens with zero attached hydrogens (tertiary/aromatic N) is 2. The van der Waals surface area contributed by atoms with E-state index in [9.17, 15) is 14.7 Å². The van der Waals surface area contributed by atoms with Crippen LogP contribution in [0.1, 0.15) is 47.5 Å². The molecule has 1 aromatic carbocycles. The maximum Gasteiger partial charge on any atom is 0.341 e. The van der Waals surface area contributed by atoms with Gasteiger partial charge in [0.15, 0.2) is 5.95 Å². The number of aromatic nitrogens is 2. The number of carbonyl (C=O) groups is 2. The molecule has 0 saturated carbocycles. The zero-order valence-electron chi connectivity index (χ0n) is 20.0. The topological polar surface area (TPSA) is 118 Å². The van der Waals surface area contributed by atoms with E-state index in [0.29, 0.717) is 34.3 Å². The van der Waals surface area contributed by atoms with Gasteiger partial charge in [0.25, 0.3) is 5.03 Å². The summed E-state index contributed by atoms with van der Waals surface area (Å²) in [6.07, 6.45) is 3.08. The third kappa shape index (κ3) is 5.15. The second kappa shape index (κ2) is 10.7. The van der Waals surface area contributed by atoms with Crippen molar-refractivity contribution < 1.29 is 33.4 Å². The molecule has 1 amide bonds. The minimum absolute atomic E-state index is 0.185. The fourth-order valence-electron chi connectivity index (χ4n) is 4.03. The highest BCUT2D eigenvalue weighted by Crippen LogP contribution is 2.40. The number of amides is 1. The van der Waals surface area contributed by atoms with E-state index in [-0.39, 0.29) is 10.9 Å². The van der Waals surface area contributed by atoms with Crippen molar-refractivity contribution in [3.63, 3.8) is 0 Å². The lowest BCUT2D eigenvalue weighted by atomic mass is 9.88. The largest absolute Gasteiger partial charge is 0.538 e. The van der Waals surface area contributed by atoms with Gasteiger partial charge in [0.2, 0.25) is 11.6 Å². The summed E-state index contributed by atoms with van der Waals surface area (Å²) in [6, 6.07) is 6.97. The zero-order chi connectivity index (χ0) is 25.1. The Morgan fingerprint density at radius 2 is 2.09 bits per heavy atom. The molecule has 0 spiro atoms. The summed E-state index contributed by atoms with van der Waals surface area (Å²) in [7, 11) is 2.91. The Hall–Kier alpha value is -3.05. The van der Waals surface area contributed by atoms with Crippen molar-refractivity contribution in [1.29, 1.82) is 0 Å². The number of methoxy groups -OCH3 is 2. The van der Waals surface area contributed by atoms with Crippen LogP contribution in [0.4, 0.5) is 5.00 Å². The lowest BCUT2D eigenvalue weighted by molar-refractivity contribution is -0.705. The lowest BCUT2D eigenvalue weighted by Crippen LogP contribution is -2.36. The van der Waals surface area contributed by atoms with Crippen molar-refractivity contribution in [3.8, 4) is 17.4 Å². The van der Waals surface area contributed by atoms with Gasteiger partial charge in [-0.05, 0) is 65.7 Å². The molecular weight excluding hydrogens is 490 g/mol. The maximum atomic E-state index is 13.3. The average molecular weight is 518 g/mol. The molecule has 9 nitrogen and oxygen atoms in total. The van der Waals surface area contributed by atoms with Crippen LogP contribution in [-0.2, 0) is 22.4 Å². The third-order valence-electron chi connectivity index (χ3n) is 5.94. The fourth-order valence-corrected chi connectivity index (χ4v) is 6.41. The SMILES string of the molecule is CCC(Sc1c([O-])on[n+]1-c1ccc(OC)cc1)C(=O)Nc1sc2c(c1C(=O)OC)CCC(C)C2. The molecule has 0 radical (unpaired) electrons. The number of thioether (sulfide) groups is 1. The molecular formula is C24H27N3O6S2. The van der Waals surface area contributed by atoms with Crippen molar-refractivity contribution in [2.75, 3.05) is 19.5 Å². The predicted molar refractivity (Wildman–Crippen MR) is 129 cm³/mol. The number of esters is 1. The van der Waals surface area contributed by atoms with E-state index >= 15 is 0 Å². The first-order chi connectivity index (χ1) is 16.9. The highest BCUT2D eigenvalue weighted by molar-refractivity contribution is 8.00. The second-order valence-corrected chi connectivity index (χ2v) is 10.6. The minimum Gasteiger partial charge on any atom is -0.538 e. The van der Waals surface area contributed by atoms with Crippen LogP contribution in [0, 0.1) is 5.92 Å². The molecule has 2 heterocycles. The molecule has 1 aliphatic carbocycles. The Bertz CT molecular complexity index is 1220. The summed E-state index contributed by atoms with van der Waals surface area (Å²) in [5, 5.41) is 19.3. The monoisotopic (exact) mass is 517 g/mol. The van der Waals surface area contributed by atoms with Crippen molar-refractivity contribution in [2.45, 2.75) is 49.8 Å². The normalized spacial score (nSPS) is 15.8. The summed E-state index contributed by atoms with van der Waals surface area (Å²) in [5.74, 6) is -0.211. The van der Waals surface area contributed by atoms with E-state index in [1.807, 2.05) is 6.92 Å². The number of fused-ring (bicyclic) bond motifs is 1. The van der Waals surface area contributed by atoms with Crippen molar-refractivity contribution in [2.24, 2.45) is 5.92 Å². The molecule has 0 fully saturated rings. The van der Waals surface area contributed by atoms with E-state index in [1.54, 1.807) is 31.4 Å². The smallest absolute Gasteiger partial charge is 0.341 e. The summed E-state index contributed by atoms with van der Waals surface area (Å²) in [4.78, 5) is 27.0. The third-order valence-corrected chi connectivity index (χ3v) is 8.51. The Morgan fingerprint density at radius 1 is 1.34 bits per heavy atom. The Balaban J connectivity index is 1.58. The van der Waals surface area contributed by atoms with Crippen molar-refractivity contribution in [1.82, 2.24) is 5.27 Å². The zero-order valence-corrected chi connectivity index (χ0v) is 21.6. The molecule has 2 atom stereocenters. The summed E-state index contributed by atoms with van der Waals surface area (Å²) in [6.45, 7) is 4.04. The van der Waals surface area contributed by atoms with Gasteiger partial charge in [-0.2, -0.15) is 0 Å². The van der Waals surface area contributed by atoms with Crippen LogP contribution in [0.15, 0.2) is 33.8 Å². The summed E-state index contributed by atoms with van der Waals surface area (Å²) in [5.41, 5.74) is 2.01. The molecule has 3 aromatic rings. The van der Waals surface area contributed by atoms with Crippen LogP contribution in [0.25, 0.3) is 5.69 Å². The van der Waals surface area contributed by atoms with Crippen LogP contribution >= 0.6 is 23.1 Å². The van der Waals surface area contributed by atoms with Crippen LogP contribution in [0.3, 0.4) is 0 Å². The van der Waals surface area contributed by atoms with Gasteiger partial charge in [-0.1, -0.05) is 13.8 Å². The first-order valence-electron chi connectivity index (χ1n) is 11.3. The molecule has 4 rings (SSSR count). The molecule has 1 N–H and O–H groups in total. The Morgan fingerprint density at radius 3 is 2.74 bits per heavy atom. The van der Waals surface area contributed by atoms with Gasteiger partial charge in [-0.25, -0.2) is 4.79 Å². The van der Waals surface area contributed by atoms with Crippen LogP contribution in [0.5, 0.6) is 11.7 Å². The summed E-state index contributed by atoms with van der Waals surface area (Å²) >= 11 is 2.50. The summed E-state index contributed by atoms with van der Waals surface area (Å²) < 4.78 is 16.5. The number of rotatable bonds is 8. The number of carbonyl (C=O) groups excluding carboxylic acids is 2. The molecule has 1 aliphatic rings. The Labute approximate surface area is 211 Å². The van der Waals surface area contributed by atoms with Gasteiger partial charge in [0, 0.05) is 17.0 Å². The van der Waals surface area contributed by atoms with Gasteiger partial charge < -0.3 is 24.4 Å². The predicted octanol–water partition coefficient (Wildman–Crippen LogP) is 3.52. The van der Waals surface area contributed by atoms with E-state index in [1.165, 1.54) is 23.1 Å². The van der Waals surface area contributed by atoms with E-state index in [2.05, 4.69) is 17.5 Å². The van der Waals surface area contributed by atoms with Gasteiger partial charge in [0.1, 0.15) is 10.8 Å². The van der Waals surface area contributed by atoms with Crippen molar-refractivity contribution >= 4 is 40.0 Å². The highest BCUT2D eigenvalue weighted by Gasteiger charge is 2.32.